The minimum atomic E-state index is -0.356. The quantitative estimate of drug-likeness (QED) is 0.702. The molecule has 3 nitrogen and oxygen atoms in total. The van der Waals surface area contributed by atoms with Crippen LogP contribution in [0.15, 0.2) is 41.5 Å². The molecule has 1 aromatic heterocycles. The Hall–Kier alpha value is -1.84. The normalized spacial score (nSPS) is 10.2. The summed E-state index contributed by atoms with van der Waals surface area (Å²) in [5.41, 5.74) is 0.247. The lowest BCUT2D eigenvalue weighted by Crippen LogP contribution is -2.13. The zero-order valence-corrected chi connectivity index (χ0v) is 6.70. The van der Waals surface area contributed by atoms with E-state index in [-0.39, 0.29) is 11.5 Å². The van der Waals surface area contributed by atoms with Gasteiger partial charge in [0.2, 0.25) is 0 Å². The van der Waals surface area contributed by atoms with Crippen LogP contribution in [0.1, 0.15) is 0 Å². The Balaban J connectivity index is 2.59. The first-order valence-corrected chi connectivity index (χ1v) is 3.79. The fourth-order valence-electron chi connectivity index (χ4n) is 1.15. The van der Waals surface area contributed by atoms with Crippen LogP contribution in [-0.2, 0) is 0 Å². The summed E-state index contributed by atoms with van der Waals surface area (Å²) in [7, 11) is 0. The van der Waals surface area contributed by atoms with Gasteiger partial charge in [-0.3, -0.25) is 4.57 Å². The number of hydrogen-bond acceptors (Lipinski definition) is 1. The average molecular weight is 178 g/mol. The number of halogens is 1. The van der Waals surface area contributed by atoms with Crippen LogP contribution in [0, 0.1) is 5.82 Å². The summed E-state index contributed by atoms with van der Waals surface area (Å²) < 4.78 is 14.1. The van der Waals surface area contributed by atoms with Crippen molar-refractivity contribution in [2.75, 3.05) is 0 Å². The third kappa shape index (κ3) is 1.38. The van der Waals surface area contributed by atoms with Crippen LogP contribution in [0.5, 0.6) is 0 Å². The maximum atomic E-state index is 12.8. The highest BCUT2D eigenvalue weighted by atomic mass is 19.1. The predicted octanol–water partition coefficient (Wildman–Crippen LogP) is 1.30. The summed E-state index contributed by atoms with van der Waals surface area (Å²) >= 11 is 0. The largest absolute Gasteiger partial charge is 0.330 e. The van der Waals surface area contributed by atoms with Gasteiger partial charge in [-0.1, -0.05) is 6.07 Å². The van der Waals surface area contributed by atoms with Crippen LogP contribution in [0.25, 0.3) is 5.69 Å². The average Bonchev–Trinajstić information content (AvgIpc) is 2.51. The van der Waals surface area contributed by atoms with Gasteiger partial charge in [0, 0.05) is 12.4 Å². The number of hydrogen-bond donors (Lipinski definition) is 1. The molecular weight excluding hydrogens is 171 g/mol. The van der Waals surface area contributed by atoms with E-state index in [0.29, 0.717) is 5.69 Å². The van der Waals surface area contributed by atoms with E-state index in [1.54, 1.807) is 18.3 Å². The molecule has 0 radical (unpaired) electrons. The molecule has 13 heavy (non-hydrogen) atoms. The van der Waals surface area contributed by atoms with Crippen molar-refractivity contribution >= 4 is 0 Å². The van der Waals surface area contributed by atoms with Crippen molar-refractivity contribution in [1.82, 2.24) is 9.55 Å². The van der Waals surface area contributed by atoms with Gasteiger partial charge in [0.1, 0.15) is 5.82 Å². The molecule has 0 aliphatic rings. The molecule has 0 saturated heterocycles. The van der Waals surface area contributed by atoms with Gasteiger partial charge in [0.05, 0.1) is 5.69 Å². The monoisotopic (exact) mass is 178 g/mol. The van der Waals surface area contributed by atoms with Crippen molar-refractivity contribution in [3.05, 3.63) is 53.0 Å². The summed E-state index contributed by atoms with van der Waals surface area (Å²) in [6, 6.07) is 5.86. The number of nitrogens with zero attached hydrogens (tertiary/aromatic N) is 1. The molecule has 0 fully saturated rings. The van der Waals surface area contributed by atoms with Gasteiger partial charge in [-0.15, -0.1) is 0 Å². The highest BCUT2D eigenvalue weighted by Gasteiger charge is 1.99. The van der Waals surface area contributed by atoms with Gasteiger partial charge in [-0.2, -0.15) is 0 Å². The Morgan fingerprint density at radius 3 is 2.85 bits per heavy atom. The summed E-state index contributed by atoms with van der Waals surface area (Å²) in [6.45, 7) is 0. The minimum absolute atomic E-state index is 0.273. The van der Waals surface area contributed by atoms with Crippen LogP contribution in [0.2, 0.25) is 0 Å². The number of nitrogens with one attached hydrogen (secondary N) is 1. The second-order valence-electron chi connectivity index (χ2n) is 2.62. The van der Waals surface area contributed by atoms with E-state index in [2.05, 4.69) is 4.98 Å². The zero-order valence-electron chi connectivity index (χ0n) is 6.70. The first-order valence-electron chi connectivity index (χ1n) is 3.79. The Kier molecular flexibility index (Phi) is 1.73. The van der Waals surface area contributed by atoms with Crippen molar-refractivity contribution in [2.24, 2.45) is 0 Å². The third-order valence-corrected chi connectivity index (χ3v) is 1.74. The molecule has 4 heteroatoms. The van der Waals surface area contributed by atoms with E-state index in [4.69, 9.17) is 0 Å². The standard InChI is InChI=1S/C9H7FN2O/c10-7-2-1-3-8(6-7)12-5-4-11-9(12)13/h1-6H,(H,11,13). The van der Waals surface area contributed by atoms with Crippen LogP contribution >= 0.6 is 0 Å². The molecule has 0 bridgehead atoms. The van der Waals surface area contributed by atoms with Gasteiger partial charge >= 0.3 is 5.69 Å². The Labute approximate surface area is 73.5 Å². The molecule has 0 unspecified atom stereocenters. The van der Waals surface area contributed by atoms with E-state index >= 15 is 0 Å². The molecule has 1 heterocycles. The van der Waals surface area contributed by atoms with Crippen molar-refractivity contribution in [2.45, 2.75) is 0 Å². The van der Waals surface area contributed by atoms with Crippen molar-refractivity contribution < 1.29 is 4.39 Å². The fourth-order valence-corrected chi connectivity index (χ4v) is 1.15. The fraction of sp³-hybridized carbons (Fsp3) is 0. The van der Waals surface area contributed by atoms with Gasteiger partial charge in [0.25, 0.3) is 0 Å². The number of imidazole rings is 1. The van der Waals surface area contributed by atoms with Gasteiger partial charge < -0.3 is 4.98 Å². The van der Waals surface area contributed by atoms with E-state index in [1.165, 1.54) is 22.9 Å². The number of benzene rings is 1. The van der Waals surface area contributed by atoms with E-state index in [1.807, 2.05) is 0 Å². The third-order valence-electron chi connectivity index (χ3n) is 1.74. The Morgan fingerprint density at radius 1 is 1.38 bits per heavy atom. The molecular formula is C9H7FN2O. The summed E-state index contributed by atoms with van der Waals surface area (Å²) in [6.07, 6.45) is 3.06. The van der Waals surface area contributed by atoms with Gasteiger partial charge in [-0.05, 0) is 18.2 Å². The first kappa shape index (κ1) is 7.79. The molecule has 1 aromatic carbocycles. The lowest BCUT2D eigenvalue weighted by Gasteiger charge is -1.99. The molecule has 66 valence electrons. The van der Waals surface area contributed by atoms with Gasteiger partial charge in [0.15, 0.2) is 0 Å². The van der Waals surface area contributed by atoms with Crippen LogP contribution in [0.3, 0.4) is 0 Å². The van der Waals surface area contributed by atoms with E-state index in [0.717, 1.165) is 0 Å². The van der Waals surface area contributed by atoms with Crippen molar-refractivity contribution in [3.63, 3.8) is 0 Å². The van der Waals surface area contributed by atoms with Crippen molar-refractivity contribution in [3.8, 4) is 5.69 Å². The Morgan fingerprint density at radius 2 is 2.23 bits per heavy atom. The molecule has 0 saturated carbocycles. The lowest BCUT2D eigenvalue weighted by molar-refractivity contribution is 0.626. The SMILES string of the molecule is O=c1[nH]ccn1-c1cccc(F)c1. The molecule has 0 spiro atoms. The molecule has 2 aromatic rings. The maximum absolute atomic E-state index is 12.8. The van der Waals surface area contributed by atoms with Crippen LogP contribution < -0.4 is 5.69 Å². The second kappa shape index (κ2) is 2.90. The lowest BCUT2D eigenvalue weighted by atomic mass is 10.3. The van der Waals surface area contributed by atoms with E-state index < -0.39 is 0 Å². The smallest absolute Gasteiger partial charge is 0.312 e. The first-order chi connectivity index (χ1) is 6.27. The topological polar surface area (TPSA) is 37.8 Å². The summed E-state index contributed by atoms with van der Waals surface area (Å²) in [4.78, 5) is 13.6. The van der Waals surface area contributed by atoms with Gasteiger partial charge in [-0.25, -0.2) is 9.18 Å². The molecule has 1 N–H and O–H groups in total. The number of H-pyrrole nitrogens is 1. The molecule has 0 atom stereocenters. The Bertz CT molecular complexity index is 472. The number of aromatic amines is 1. The summed E-state index contributed by atoms with van der Waals surface area (Å²) in [5.74, 6) is -0.356. The number of rotatable bonds is 1. The van der Waals surface area contributed by atoms with Crippen LogP contribution in [-0.4, -0.2) is 9.55 Å². The maximum Gasteiger partial charge on any atom is 0.330 e. The molecule has 0 aliphatic carbocycles. The van der Waals surface area contributed by atoms with Crippen molar-refractivity contribution in [1.29, 1.82) is 0 Å². The molecule has 2 rings (SSSR count). The number of aromatic nitrogens is 2. The van der Waals surface area contributed by atoms with E-state index in [9.17, 15) is 9.18 Å². The second-order valence-corrected chi connectivity index (χ2v) is 2.62. The van der Waals surface area contributed by atoms with Crippen LogP contribution in [0.4, 0.5) is 4.39 Å². The highest BCUT2D eigenvalue weighted by molar-refractivity contribution is 5.31. The summed E-state index contributed by atoms with van der Waals surface area (Å²) in [5, 5.41) is 0. The minimum Gasteiger partial charge on any atom is -0.312 e. The highest BCUT2D eigenvalue weighted by Crippen LogP contribution is 2.06. The zero-order chi connectivity index (χ0) is 9.26. The molecule has 0 aliphatic heterocycles. The molecule has 0 amide bonds. The predicted molar refractivity (Wildman–Crippen MR) is 46.3 cm³/mol.